The first-order chi connectivity index (χ1) is 9.29. The number of aromatic nitrogens is 3. The second kappa shape index (κ2) is 5.22. The first kappa shape index (κ1) is 14.5. The van der Waals surface area contributed by atoms with Gasteiger partial charge in [-0.15, -0.1) is 5.10 Å². The number of nitrogens with zero attached hydrogens (tertiary/aromatic N) is 4. The van der Waals surface area contributed by atoms with E-state index in [0.29, 0.717) is 12.5 Å². The van der Waals surface area contributed by atoms with Crippen LogP contribution in [0.2, 0.25) is 0 Å². The lowest BCUT2D eigenvalue weighted by atomic mass is 9.75. The Hall–Kier alpha value is -1.92. The Morgan fingerprint density at radius 3 is 2.75 bits per heavy atom. The number of carbonyl (C=O) groups is 2. The molecule has 1 amide bonds. The largest absolute Gasteiger partial charge is 0.476 e. The molecule has 1 N–H and O–H groups in total. The molecule has 2 rings (SSSR count). The Morgan fingerprint density at radius 1 is 1.50 bits per heavy atom. The van der Waals surface area contributed by atoms with Gasteiger partial charge in [-0.2, -0.15) is 0 Å². The fourth-order valence-electron chi connectivity index (χ4n) is 2.39. The summed E-state index contributed by atoms with van der Waals surface area (Å²) < 4.78 is 1.27. The average molecular weight is 280 g/mol. The molecule has 0 radical (unpaired) electrons. The molecule has 7 nitrogen and oxygen atoms in total. The monoisotopic (exact) mass is 280 g/mol. The summed E-state index contributed by atoms with van der Waals surface area (Å²) >= 11 is 0. The highest BCUT2D eigenvalue weighted by atomic mass is 16.4. The number of rotatable bonds is 3. The van der Waals surface area contributed by atoms with E-state index in [-0.39, 0.29) is 23.6 Å². The van der Waals surface area contributed by atoms with Crippen molar-refractivity contribution in [1.82, 2.24) is 19.9 Å². The van der Waals surface area contributed by atoms with Gasteiger partial charge in [-0.05, 0) is 17.8 Å². The highest BCUT2D eigenvalue weighted by molar-refractivity contribution is 5.84. The zero-order chi connectivity index (χ0) is 14.9. The van der Waals surface area contributed by atoms with Crippen LogP contribution in [0.5, 0.6) is 0 Å². The number of hydrogen-bond acceptors (Lipinski definition) is 4. The molecule has 7 heteroatoms. The van der Waals surface area contributed by atoms with Crippen LogP contribution in [0, 0.1) is 11.3 Å². The van der Waals surface area contributed by atoms with Crippen LogP contribution in [0.1, 0.15) is 37.7 Å². The number of piperidine rings is 1. The Labute approximate surface area is 117 Å². The van der Waals surface area contributed by atoms with E-state index >= 15 is 0 Å². The van der Waals surface area contributed by atoms with Gasteiger partial charge in [0.05, 0.1) is 6.20 Å². The minimum Gasteiger partial charge on any atom is -0.476 e. The SMILES string of the molecule is CC1CCN(C(=O)Cn2cc(C(=O)O)nn2)CC1(C)C. The average Bonchev–Trinajstić information content (AvgIpc) is 2.81. The number of likely N-dealkylation sites (tertiary alicyclic amines) is 1. The van der Waals surface area contributed by atoms with Crippen LogP contribution in [0.15, 0.2) is 6.20 Å². The van der Waals surface area contributed by atoms with Gasteiger partial charge in [0.15, 0.2) is 5.69 Å². The molecule has 1 saturated heterocycles. The molecule has 1 aliphatic rings. The predicted octanol–water partition coefficient (Wildman–Crippen LogP) is 0.871. The number of carboxylic acid groups (broad SMARTS) is 1. The maximum Gasteiger partial charge on any atom is 0.358 e. The molecule has 1 aromatic rings. The lowest BCUT2D eigenvalue weighted by Crippen LogP contribution is -2.48. The van der Waals surface area contributed by atoms with Crippen LogP contribution in [0.3, 0.4) is 0 Å². The zero-order valence-corrected chi connectivity index (χ0v) is 12.0. The Kier molecular flexibility index (Phi) is 3.78. The third kappa shape index (κ3) is 2.97. The van der Waals surface area contributed by atoms with Crippen LogP contribution < -0.4 is 0 Å². The standard InChI is InChI=1S/C13H20N4O3/c1-9-4-5-16(8-13(9,2)3)11(18)7-17-6-10(12(19)20)14-15-17/h6,9H,4-5,7-8H2,1-3H3,(H,19,20). The van der Waals surface area contributed by atoms with Gasteiger partial charge in [-0.25, -0.2) is 9.48 Å². The zero-order valence-electron chi connectivity index (χ0n) is 12.0. The number of hydrogen-bond donors (Lipinski definition) is 1. The molecule has 1 aromatic heterocycles. The summed E-state index contributed by atoms with van der Waals surface area (Å²) in [6.45, 7) is 8.02. The van der Waals surface area contributed by atoms with Crippen molar-refractivity contribution in [3.63, 3.8) is 0 Å². The Morgan fingerprint density at radius 2 is 2.20 bits per heavy atom. The topological polar surface area (TPSA) is 88.3 Å². The van der Waals surface area contributed by atoms with E-state index in [4.69, 9.17) is 5.11 Å². The van der Waals surface area contributed by atoms with Crippen LogP contribution in [0.25, 0.3) is 0 Å². The Bertz CT molecular complexity index is 523. The number of carboxylic acids is 1. The lowest BCUT2D eigenvalue weighted by molar-refractivity contribution is -0.136. The fourth-order valence-corrected chi connectivity index (χ4v) is 2.39. The van der Waals surface area contributed by atoms with Crippen molar-refractivity contribution in [3.05, 3.63) is 11.9 Å². The summed E-state index contributed by atoms with van der Waals surface area (Å²) in [6, 6.07) is 0. The molecular weight excluding hydrogens is 260 g/mol. The second-order valence-corrected chi connectivity index (χ2v) is 6.10. The van der Waals surface area contributed by atoms with E-state index in [0.717, 1.165) is 13.0 Å². The molecule has 0 aliphatic carbocycles. The first-order valence-electron chi connectivity index (χ1n) is 6.71. The fraction of sp³-hybridized carbons (Fsp3) is 0.692. The van der Waals surface area contributed by atoms with Crippen LogP contribution >= 0.6 is 0 Å². The number of aromatic carboxylic acids is 1. The van der Waals surface area contributed by atoms with Crippen LogP contribution in [-0.4, -0.2) is 50.0 Å². The van der Waals surface area contributed by atoms with Crippen molar-refractivity contribution in [2.75, 3.05) is 13.1 Å². The number of carbonyl (C=O) groups excluding carboxylic acids is 1. The van der Waals surface area contributed by atoms with Crippen LogP contribution in [0.4, 0.5) is 0 Å². The molecule has 2 heterocycles. The molecule has 1 fully saturated rings. The van der Waals surface area contributed by atoms with Gasteiger partial charge in [0, 0.05) is 13.1 Å². The van der Waals surface area contributed by atoms with Crippen LogP contribution in [-0.2, 0) is 11.3 Å². The van der Waals surface area contributed by atoms with Gasteiger partial charge < -0.3 is 10.0 Å². The minimum absolute atomic E-state index is 0.0325. The van der Waals surface area contributed by atoms with Gasteiger partial charge in [0.2, 0.25) is 5.91 Å². The van der Waals surface area contributed by atoms with Crippen molar-refractivity contribution in [2.24, 2.45) is 11.3 Å². The molecule has 1 aliphatic heterocycles. The van der Waals surface area contributed by atoms with Crippen molar-refractivity contribution < 1.29 is 14.7 Å². The van der Waals surface area contributed by atoms with Crippen molar-refractivity contribution in [2.45, 2.75) is 33.7 Å². The maximum atomic E-state index is 12.2. The van der Waals surface area contributed by atoms with Gasteiger partial charge >= 0.3 is 5.97 Å². The molecule has 20 heavy (non-hydrogen) atoms. The third-order valence-corrected chi connectivity index (χ3v) is 4.17. The predicted molar refractivity (Wildman–Crippen MR) is 71.1 cm³/mol. The van der Waals surface area contributed by atoms with Gasteiger partial charge in [-0.3, -0.25) is 4.79 Å². The van der Waals surface area contributed by atoms with Crippen molar-refractivity contribution in [1.29, 1.82) is 0 Å². The van der Waals surface area contributed by atoms with E-state index in [2.05, 4.69) is 31.1 Å². The molecule has 0 aromatic carbocycles. The molecule has 0 spiro atoms. The second-order valence-electron chi connectivity index (χ2n) is 6.10. The lowest BCUT2D eigenvalue weighted by Gasteiger charge is -2.42. The van der Waals surface area contributed by atoms with Gasteiger partial charge in [0.25, 0.3) is 0 Å². The highest BCUT2D eigenvalue weighted by Gasteiger charge is 2.34. The first-order valence-corrected chi connectivity index (χ1v) is 6.71. The Balaban J connectivity index is 1.99. The highest BCUT2D eigenvalue weighted by Crippen LogP contribution is 2.34. The van der Waals surface area contributed by atoms with Gasteiger partial charge in [-0.1, -0.05) is 26.0 Å². The summed E-state index contributed by atoms with van der Waals surface area (Å²) in [7, 11) is 0. The van der Waals surface area contributed by atoms with E-state index in [1.807, 2.05) is 4.90 Å². The van der Waals surface area contributed by atoms with E-state index in [1.54, 1.807) is 0 Å². The molecule has 1 unspecified atom stereocenters. The molecule has 0 bridgehead atoms. The third-order valence-electron chi connectivity index (χ3n) is 4.17. The summed E-state index contributed by atoms with van der Waals surface area (Å²) in [4.78, 5) is 24.8. The van der Waals surface area contributed by atoms with E-state index < -0.39 is 5.97 Å². The summed E-state index contributed by atoms with van der Waals surface area (Å²) in [5.41, 5.74) is -0.0481. The summed E-state index contributed by atoms with van der Waals surface area (Å²) in [5.74, 6) is -0.611. The molecule has 110 valence electrons. The molecule has 0 saturated carbocycles. The molecular formula is C13H20N4O3. The van der Waals surface area contributed by atoms with Crippen molar-refractivity contribution >= 4 is 11.9 Å². The normalized spacial score (nSPS) is 21.8. The number of amides is 1. The minimum atomic E-state index is -1.14. The van der Waals surface area contributed by atoms with Crippen molar-refractivity contribution in [3.8, 4) is 0 Å². The van der Waals surface area contributed by atoms with E-state index in [9.17, 15) is 9.59 Å². The maximum absolute atomic E-state index is 12.2. The summed E-state index contributed by atoms with van der Waals surface area (Å²) in [5, 5.41) is 15.9. The quantitative estimate of drug-likeness (QED) is 0.887. The van der Waals surface area contributed by atoms with E-state index in [1.165, 1.54) is 10.9 Å². The smallest absolute Gasteiger partial charge is 0.358 e. The molecule has 1 atom stereocenters. The van der Waals surface area contributed by atoms with Gasteiger partial charge in [0.1, 0.15) is 6.54 Å². The summed E-state index contributed by atoms with van der Waals surface area (Å²) in [6.07, 6.45) is 2.26.